The Morgan fingerprint density at radius 2 is 2.15 bits per heavy atom. The molecule has 3 aromatic rings. The largest absolute Gasteiger partial charge is 0.444 e. The van der Waals surface area contributed by atoms with Crippen molar-refractivity contribution in [1.82, 2.24) is 20.0 Å². The molecule has 7 nitrogen and oxygen atoms in total. The van der Waals surface area contributed by atoms with Crippen LogP contribution in [-0.2, 0) is 17.9 Å². The van der Waals surface area contributed by atoms with Crippen LogP contribution in [0.5, 0.6) is 0 Å². The Morgan fingerprint density at radius 1 is 1.35 bits per heavy atom. The minimum Gasteiger partial charge on any atom is -0.444 e. The molecule has 1 saturated carbocycles. The number of carbonyl (C=O) groups is 1. The minimum atomic E-state index is -0.186. The molecule has 1 fully saturated rings. The minimum absolute atomic E-state index is 0.186. The molecular formula is C19H19N5O2. The molecule has 1 aliphatic carbocycles. The SMILES string of the molecule is C=CC(=O)N(Cc1cn(CC2CC2)nn1)c1ccc(-c2cnco2)cc1. The molecule has 1 aromatic carbocycles. The van der Waals surface area contributed by atoms with E-state index in [9.17, 15) is 4.79 Å². The summed E-state index contributed by atoms with van der Waals surface area (Å²) in [4.78, 5) is 17.9. The van der Waals surface area contributed by atoms with Crippen molar-refractivity contribution in [2.45, 2.75) is 25.9 Å². The van der Waals surface area contributed by atoms with Crippen molar-refractivity contribution in [3.05, 3.63) is 61.4 Å². The average Bonchev–Trinajstić information content (AvgIpc) is 3.12. The van der Waals surface area contributed by atoms with Gasteiger partial charge < -0.3 is 9.32 Å². The summed E-state index contributed by atoms with van der Waals surface area (Å²) in [6, 6.07) is 7.52. The first-order valence-electron chi connectivity index (χ1n) is 8.55. The van der Waals surface area contributed by atoms with Crippen molar-refractivity contribution in [3.8, 4) is 11.3 Å². The number of benzene rings is 1. The zero-order chi connectivity index (χ0) is 17.9. The second-order valence-corrected chi connectivity index (χ2v) is 6.42. The number of hydrogen-bond acceptors (Lipinski definition) is 5. The summed E-state index contributed by atoms with van der Waals surface area (Å²) in [6.45, 7) is 4.85. The van der Waals surface area contributed by atoms with E-state index in [4.69, 9.17) is 4.42 Å². The number of anilines is 1. The maximum atomic E-state index is 12.3. The zero-order valence-corrected chi connectivity index (χ0v) is 14.3. The van der Waals surface area contributed by atoms with Crippen LogP contribution in [0.1, 0.15) is 18.5 Å². The lowest BCUT2D eigenvalue weighted by Gasteiger charge is -2.20. The highest BCUT2D eigenvalue weighted by atomic mass is 16.3. The maximum Gasteiger partial charge on any atom is 0.250 e. The van der Waals surface area contributed by atoms with Gasteiger partial charge in [0.25, 0.3) is 5.91 Å². The van der Waals surface area contributed by atoms with E-state index in [-0.39, 0.29) is 5.91 Å². The molecular weight excluding hydrogens is 330 g/mol. The molecule has 2 aromatic heterocycles. The number of oxazole rings is 1. The Kier molecular flexibility index (Phi) is 4.35. The van der Waals surface area contributed by atoms with Gasteiger partial charge in [-0.05, 0) is 49.1 Å². The van der Waals surface area contributed by atoms with E-state index in [1.54, 1.807) is 11.1 Å². The summed E-state index contributed by atoms with van der Waals surface area (Å²) in [5.41, 5.74) is 2.41. The smallest absolute Gasteiger partial charge is 0.250 e. The molecule has 2 heterocycles. The number of hydrogen-bond donors (Lipinski definition) is 0. The van der Waals surface area contributed by atoms with Gasteiger partial charge in [-0.1, -0.05) is 11.8 Å². The number of rotatable bonds is 7. The summed E-state index contributed by atoms with van der Waals surface area (Å²) in [7, 11) is 0. The Bertz CT molecular complexity index is 894. The topological polar surface area (TPSA) is 77.1 Å². The molecule has 0 saturated heterocycles. The van der Waals surface area contributed by atoms with E-state index >= 15 is 0 Å². The van der Waals surface area contributed by atoms with E-state index in [1.807, 2.05) is 35.1 Å². The Morgan fingerprint density at radius 3 is 2.81 bits per heavy atom. The van der Waals surface area contributed by atoms with Crippen molar-refractivity contribution in [1.29, 1.82) is 0 Å². The van der Waals surface area contributed by atoms with Crippen molar-refractivity contribution in [2.75, 3.05) is 4.90 Å². The van der Waals surface area contributed by atoms with Gasteiger partial charge in [-0.2, -0.15) is 0 Å². The number of aromatic nitrogens is 4. The molecule has 7 heteroatoms. The predicted octanol–water partition coefficient (Wildman–Crippen LogP) is 3.06. The van der Waals surface area contributed by atoms with Gasteiger partial charge in [-0.3, -0.25) is 9.48 Å². The van der Waals surface area contributed by atoms with Gasteiger partial charge in [-0.15, -0.1) is 5.10 Å². The van der Waals surface area contributed by atoms with Crippen molar-refractivity contribution in [2.24, 2.45) is 5.92 Å². The third kappa shape index (κ3) is 3.56. The molecule has 0 atom stereocenters. The van der Waals surface area contributed by atoms with Gasteiger partial charge >= 0.3 is 0 Å². The molecule has 1 aliphatic rings. The first kappa shape index (κ1) is 16.3. The van der Waals surface area contributed by atoms with Gasteiger partial charge in [0.05, 0.1) is 18.9 Å². The van der Waals surface area contributed by atoms with Gasteiger partial charge in [-0.25, -0.2) is 4.98 Å². The van der Waals surface area contributed by atoms with Crippen LogP contribution < -0.4 is 4.90 Å². The second kappa shape index (κ2) is 6.95. The number of amides is 1. The van der Waals surface area contributed by atoms with E-state index in [2.05, 4.69) is 21.9 Å². The lowest BCUT2D eigenvalue weighted by atomic mass is 10.1. The highest BCUT2D eigenvalue weighted by Gasteiger charge is 2.23. The van der Waals surface area contributed by atoms with Crippen LogP contribution in [-0.4, -0.2) is 25.9 Å². The number of carbonyl (C=O) groups excluding carboxylic acids is 1. The van der Waals surface area contributed by atoms with Gasteiger partial charge in [0, 0.05) is 17.8 Å². The van der Waals surface area contributed by atoms with Gasteiger partial charge in [0.15, 0.2) is 12.2 Å². The fourth-order valence-corrected chi connectivity index (χ4v) is 2.80. The molecule has 4 rings (SSSR count). The third-order valence-electron chi connectivity index (χ3n) is 4.38. The van der Waals surface area contributed by atoms with Crippen LogP contribution in [0.4, 0.5) is 5.69 Å². The summed E-state index contributed by atoms with van der Waals surface area (Å²) in [5.74, 6) is 1.22. The standard InChI is InChI=1S/C19H19N5O2/c1-2-19(25)24(12-16-11-23(22-21-16)10-14-3-4-14)17-7-5-15(6-8-17)18-9-20-13-26-18/h2,5-9,11,13-14H,1,3-4,10,12H2. The Labute approximate surface area is 151 Å². The molecule has 0 unspecified atom stereocenters. The molecule has 0 spiro atoms. The van der Waals surface area contributed by atoms with Crippen LogP contribution in [0.2, 0.25) is 0 Å². The quantitative estimate of drug-likeness (QED) is 0.613. The second-order valence-electron chi connectivity index (χ2n) is 6.42. The Balaban J connectivity index is 1.53. The number of nitrogens with zero attached hydrogens (tertiary/aromatic N) is 5. The van der Waals surface area contributed by atoms with Crippen molar-refractivity contribution < 1.29 is 9.21 Å². The predicted molar refractivity (Wildman–Crippen MR) is 96.1 cm³/mol. The summed E-state index contributed by atoms with van der Waals surface area (Å²) < 4.78 is 7.15. The van der Waals surface area contributed by atoms with Crippen LogP contribution in [0.3, 0.4) is 0 Å². The monoisotopic (exact) mass is 349 g/mol. The molecule has 0 aliphatic heterocycles. The van der Waals surface area contributed by atoms with Gasteiger partial charge in [0.2, 0.25) is 0 Å². The lowest BCUT2D eigenvalue weighted by molar-refractivity contribution is -0.114. The van der Waals surface area contributed by atoms with Crippen LogP contribution in [0, 0.1) is 5.92 Å². The molecule has 0 radical (unpaired) electrons. The van der Waals surface area contributed by atoms with Crippen LogP contribution in [0.25, 0.3) is 11.3 Å². The fraction of sp³-hybridized carbons (Fsp3) is 0.263. The average molecular weight is 349 g/mol. The van der Waals surface area contributed by atoms with Crippen LogP contribution >= 0.6 is 0 Å². The maximum absolute atomic E-state index is 12.3. The van der Waals surface area contributed by atoms with Gasteiger partial charge in [0.1, 0.15) is 5.69 Å². The van der Waals surface area contributed by atoms with E-state index in [0.29, 0.717) is 12.3 Å². The summed E-state index contributed by atoms with van der Waals surface area (Å²) in [6.07, 6.45) is 8.77. The van der Waals surface area contributed by atoms with E-state index in [1.165, 1.54) is 25.3 Å². The zero-order valence-electron chi connectivity index (χ0n) is 14.3. The third-order valence-corrected chi connectivity index (χ3v) is 4.38. The summed E-state index contributed by atoms with van der Waals surface area (Å²) in [5, 5.41) is 8.36. The highest BCUT2D eigenvalue weighted by Crippen LogP contribution is 2.30. The highest BCUT2D eigenvalue weighted by molar-refractivity contribution is 6.01. The first-order valence-corrected chi connectivity index (χ1v) is 8.55. The van der Waals surface area contributed by atoms with E-state index in [0.717, 1.165) is 29.4 Å². The molecule has 132 valence electrons. The first-order chi connectivity index (χ1) is 12.7. The van der Waals surface area contributed by atoms with E-state index < -0.39 is 0 Å². The Hall–Kier alpha value is -3.22. The molecule has 26 heavy (non-hydrogen) atoms. The molecule has 0 N–H and O–H groups in total. The molecule has 0 bridgehead atoms. The lowest BCUT2D eigenvalue weighted by Crippen LogP contribution is -2.28. The summed E-state index contributed by atoms with van der Waals surface area (Å²) >= 11 is 0. The molecule has 1 amide bonds. The van der Waals surface area contributed by atoms with Crippen LogP contribution in [0.15, 0.2) is 60.1 Å². The van der Waals surface area contributed by atoms with Crippen molar-refractivity contribution >= 4 is 11.6 Å². The normalized spacial score (nSPS) is 13.5. The fourth-order valence-electron chi connectivity index (χ4n) is 2.80. The van der Waals surface area contributed by atoms with Crippen molar-refractivity contribution in [3.63, 3.8) is 0 Å².